The Morgan fingerprint density at radius 3 is 2.06 bits per heavy atom. The van der Waals surface area contributed by atoms with E-state index < -0.39 is 17.7 Å². The summed E-state index contributed by atoms with van der Waals surface area (Å²) in [4.78, 5) is 27.5. The van der Waals surface area contributed by atoms with E-state index in [0.717, 1.165) is 5.56 Å². The van der Waals surface area contributed by atoms with Gasteiger partial charge in [0.1, 0.15) is 34.8 Å². The van der Waals surface area contributed by atoms with Crippen LogP contribution in [0.5, 0.6) is 11.5 Å². The molecule has 1 amide bonds. The Morgan fingerprint density at radius 2 is 1.53 bits per heavy atom. The minimum Gasteiger partial charge on any atom is -0.507 e. The molecule has 1 aliphatic rings. The number of benzene rings is 2. The van der Waals surface area contributed by atoms with Gasteiger partial charge >= 0.3 is 0 Å². The van der Waals surface area contributed by atoms with Gasteiger partial charge in [-0.05, 0) is 61.0 Å². The van der Waals surface area contributed by atoms with Crippen molar-refractivity contribution in [2.45, 2.75) is 19.5 Å². The number of rotatable bonds is 6. The molecule has 0 aliphatic carbocycles. The Labute approximate surface area is 185 Å². The third kappa shape index (κ3) is 3.85. The standard InChI is InChI=1S/C25H23NO6/c1-15-4-13-20(32-15)22-21(23(27)17-7-11-19(31-3)12-8-17)24(28)25(29)26(22)14-16-5-9-18(30-2)10-6-16/h4-13,22,27H,14H2,1-3H3/b23-21-. The quantitative estimate of drug-likeness (QED) is 0.356. The third-order valence-electron chi connectivity index (χ3n) is 5.45. The summed E-state index contributed by atoms with van der Waals surface area (Å²) in [5, 5.41) is 11.0. The molecule has 1 aliphatic heterocycles. The molecule has 32 heavy (non-hydrogen) atoms. The van der Waals surface area contributed by atoms with Crippen molar-refractivity contribution in [2.24, 2.45) is 0 Å². The fourth-order valence-corrected chi connectivity index (χ4v) is 3.77. The number of Topliss-reactive ketones (excluding diaryl/α,β-unsaturated/α-hetero) is 1. The molecule has 2 heterocycles. The minimum absolute atomic E-state index is 0.0111. The summed E-state index contributed by atoms with van der Waals surface area (Å²) in [5.41, 5.74) is 1.20. The second-order valence-electron chi connectivity index (χ2n) is 7.45. The van der Waals surface area contributed by atoms with Crippen molar-refractivity contribution < 1.29 is 28.6 Å². The molecule has 1 fully saturated rings. The molecule has 1 atom stereocenters. The number of carbonyl (C=O) groups excluding carboxylic acids is 2. The lowest BCUT2D eigenvalue weighted by atomic mass is 9.99. The van der Waals surface area contributed by atoms with Crippen LogP contribution in [-0.4, -0.2) is 35.9 Å². The Bertz CT molecular complexity index is 1170. The number of carbonyl (C=O) groups is 2. The van der Waals surface area contributed by atoms with Crippen LogP contribution >= 0.6 is 0 Å². The van der Waals surface area contributed by atoms with Crippen LogP contribution < -0.4 is 9.47 Å². The van der Waals surface area contributed by atoms with Crippen molar-refractivity contribution in [3.8, 4) is 11.5 Å². The highest BCUT2D eigenvalue weighted by molar-refractivity contribution is 6.46. The summed E-state index contributed by atoms with van der Waals surface area (Å²) in [6.45, 7) is 1.95. The number of aliphatic hydroxyl groups excluding tert-OH is 1. The van der Waals surface area contributed by atoms with Crippen molar-refractivity contribution in [1.82, 2.24) is 4.90 Å². The Balaban J connectivity index is 1.79. The number of hydrogen-bond acceptors (Lipinski definition) is 6. The van der Waals surface area contributed by atoms with Gasteiger partial charge in [-0.1, -0.05) is 12.1 Å². The van der Waals surface area contributed by atoms with E-state index in [1.165, 1.54) is 4.90 Å². The number of aryl methyl sites for hydroxylation is 1. The lowest BCUT2D eigenvalue weighted by Crippen LogP contribution is -2.29. The zero-order valence-electron chi connectivity index (χ0n) is 18.0. The average Bonchev–Trinajstić information content (AvgIpc) is 3.35. The number of hydrogen-bond donors (Lipinski definition) is 1. The van der Waals surface area contributed by atoms with Crippen molar-refractivity contribution in [2.75, 3.05) is 14.2 Å². The van der Waals surface area contributed by atoms with Gasteiger partial charge in [0, 0.05) is 12.1 Å². The Hall–Kier alpha value is -4.00. The van der Waals surface area contributed by atoms with Gasteiger partial charge in [0.25, 0.3) is 11.7 Å². The van der Waals surface area contributed by atoms with E-state index >= 15 is 0 Å². The molecule has 0 saturated carbocycles. The number of likely N-dealkylation sites (tertiary alicyclic amines) is 1. The lowest BCUT2D eigenvalue weighted by molar-refractivity contribution is -0.140. The highest BCUT2D eigenvalue weighted by Gasteiger charge is 2.47. The molecule has 1 aromatic heterocycles. The Morgan fingerprint density at radius 1 is 0.938 bits per heavy atom. The molecule has 7 heteroatoms. The topological polar surface area (TPSA) is 89.2 Å². The van der Waals surface area contributed by atoms with Crippen molar-refractivity contribution >= 4 is 17.4 Å². The second kappa shape index (κ2) is 8.63. The maximum absolute atomic E-state index is 13.0. The first-order chi connectivity index (χ1) is 15.4. The second-order valence-corrected chi connectivity index (χ2v) is 7.45. The van der Waals surface area contributed by atoms with E-state index in [9.17, 15) is 14.7 Å². The van der Waals surface area contributed by atoms with E-state index in [0.29, 0.717) is 28.6 Å². The number of amides is 1. The molecule has 0 spiro atoms. The van der Waals surface area contributed by atoms with E-state index in [-0.39, 0.29) is 17.9 Å². The summed E-state index contributed by atoms with van der Waals surface area (Å²) in [6.07, 6.45) is 0. The molecule has 0 bridgehead atoms. The van der Waals surface area contributed by atoms with Crippen molar-refractivity contribution in [3.05, 3.63) is 88.9 Å². The molecule has 1 saturated heterocycles. The highest BCUT2D eigenvalue weighted by atomic mass is 16.5. The first-order valence-corrected chi connectivity index (χ1v) is 10.0. The smallest absolute Gasteiger partial charge is 0.296 e. The highest BCUT2D eigenvalue weighted by Crippen LogP contribution is 2.41. The van der Waals surface area contributed by atoms with Crippen LogP contribution in [-0.2, 0) is 16.1 Å². The number of ether oxygens (including phenoxy) is 2. The van der Waals surface area contributed by atoms with Crippen LogP contribution in [0, 0.1) is 6.92 Å². The van der Waals surface area contributed by atoms with Crippen molar-refractivity contribution in [1.29, 1.82) is 0 Å². The first kappa shape index (κ1) is 21.2. The SMILES string of the molecule is COc1ccc(CN2C(=O)C(=O)/C(=C(\O)c3ccc(OC)cc3)C2c2ccc(C)o2)cc1. The largest absolute Gasteiger partial charge is 0.507 e. The number of aliphatic hydroxyl groups is 1. The predicted molar refractivity (Wildman–Crippen MR) is 117 cm³/mol. The molecule has 0 radical (unpaired) electrons. The van der Waals surface area contributed by atoms with Crippen LogP contribution in [0.2, 0.25) is 0 Å². The van der Waals surface area contributed by atoms with E-state index in [4.69, 9.17) is 13.9 Å². The fourth-order valence-electron chi connectivity index (χ4n) is 3.77. The minimum atomic E-state index is -0.854. The van der Waals surface area contributed by atoms with Gasteiger partial charge in [-0.3, -0.25) is 9.59 Å². The summed E-state index contributed by atoms with van der Waals surface area (Å²) in [6, 6.07) is 16.5. The van der Waals surface area contributed by atoms with E-state index in [1.54, 1.807) is 69.7 Å². The maximum Gasteiger partial charge on any atom is 0.296 e. The van der Waals surface area contributed by atoms with E-state index in [1.807, 2.05) is 12.1 Å². The normalized spacial score (nSPS) is 17.6. The molecule has 3 aromatic rings. The summed E-state index contributed by atoms with van der Waals surface area (Å²) < 4.78 is 16.1. The van der Waals surface area contributed by atoms with Gasteiger partial charge in [0.15, 0.2) is 0 Å². The summed E-state index contributed by atoms with van der Waals surface area (Å²) in [5.74, 6) is 0.626. The zero-order chi connectivity index (χ0) is 22.8. The van der Waals surface area contributed by atoms with Gasteiger partial charge in [-0.15, -0.1) is 0 Å². The van der Waals surface area contributed by atoms with Crippen LogP contribution in [0.25, 0.3) is 5.76 Å². The first-order valence-electron chi connectivity index (χ1n) is 10.0. The van der Waals surface area contributed by atoms with Gasteiger partial charge in [-0.25, -0.2) is 0 Å². The number of methoxy groups -OCH3 is 2. The maximum atomic E-state index is 13.0. The molecular formula is C25H23NO6. The lowest BCUT2D eigenvalue weighted by Gasteiger charge is -2.23. The zero-order valence-corrected chi connectivity index (χ0v) is 18.0. The van der Waals surface area contributed by atoms with E-state index in [2.05, 4.69) is 0 Å². The molecule has 1 unspecified atom stereocenters. The van der Waals surface area contributed by atoms with Crippen LogP contribution in [0.15, 0.2) is 70.7 Å². The number of ketones is 1. The van der Waals surface area contributed by atoms with Gasteiger partial charge in [0.2, 0.25) is 0 Å². The predicted octanol–water partition coefficient (Wildman–Crippen LogP) is 4.23. The van der Waals surface area contributed by atoms with Gasteiger partial charge in [-0.2, -0.15) is 0 Å². The molecular weight excluding hydrogens is 410 g/mol. The van der Waals surface area contributed by atoms with Crippen LogP contribution in [0.4, 0.5) is 0 Å². The number of furan rings is 1. The Kier molecular flexibility index (Phi) is 5.73. The molecule has 4 rings (SSSR count). The number of nitrogens with zero attached hydrogens (tertiary/aromatic N) is 1. The average molecular weight is 433 g/mol. The van der Waals surface area contributed by atoms with Crippen molar-refractivity contribution in [3.63, 3.8) is 0 Å². The third-order valence-corrected chi connectivity index (χ3v) is 5.45. The molecule has 7 nitrogen and oxygen atoms in total. The van der Waals surface area contributed by atoms with Crippen LogP contribution in [0.1, 0.15) is 28.7 Å². The van der Waals surface area contributed by atoms with Crippen LogP contribution in [0.3, 0.4) is 0 Å². The molecule has 164 valence electrons. The molecule has 2 aromatic carbocycles. The summed E-state index contributed by atoms with van der Waals surface area (Å²) in [7, 11) is 3.12. The van der Waals surface area contributed by atoms with Gasteiger partial charge in [0.05, 0.1) is 19.8 Å². The fraction of sp³-hybridized carbons (Fsp3) is 0.200. The summed E-state index contributed by atoms with van der Waals surface area (Å²) >= 11 is 0. The monoisotopic (exact) mass is 433 g/mol. The van der Waals surface area contributed by atoms with Gasteiger partial charge < -0.3 is 23.9 Å². The molecule has 1 N–H and O–H groups in total.